The van der Waals surface area contributed by atoms with Gasteiger partial charge in [-0.2, -0.15) is 0 Å². The number of hydrogen-bond donors (Lipinski definition) is 3. The van der Waals surface area contributed by atoms with Gasteiger partial charge in [0.2, 0.25) is 0 Å². The second kappa shape index (κ2) is 6.33. The van der Waals surface area contributed by atoms with E-state index in [1.54, 1.807) is 0 Å². The molecular formula is C4H6O7. The number of carboxylic acids is 2. The molecule has 0 aliphatic rings. The smallest absolute Gasteiger partial charge is 0.473 e. The van der Waals surface area contributed by atoms with Crippen molar-refractivity contribution in [3.8, 4) is 0 Å². The fraction of sp³-hybridized carbons (Fsp3) is 0.250. The van der Waals surface area contributed by atoms with Crippen LogP contribution >= 0.6 is 0 Å². The minimum atomic E-state index is -1.82. The molecule has 0 aromatic rings. The van der Waals surface area contributed by atoms with Crippen molar-refractivity contribution in [1.82, 2.24) is 0 Å². The molecule has 0 rings (SSSR count). The van der Waals surface area contributed by atoms with Crippen molar-refractivity contribution < 1.29 is 34.4 Å². The summed E-state index contributed by atoms with van der Waals surface area (Å²) in [7, 11) is 1.10. The Morgan fingerprint density at radius 2 is 1.18 bits per heavy atom. The maximum absolute atomic E-state index is 9.15. The van der Waals surface area contributed by atoms with Crippen molar-refractivity contribution in [3.63, 3.8) is 0 Å². The molecule has 0 aliphatic carbocycles. The number of carboxylic acid groups (broad SMARTS) is 3. The summed E-state index contributed by atoms with van der Waals surface area (Å²) in [5.74, 6) is -3.65. The van der Waals surface area contributed by atoms with Crippen LogP contribution in [0.4, 0.5) is 4.79 Å². The second-order valence-corrected chi connectivity index (χ2v) is 1.08. The molecule has 0 fully saturated rings. The van der Waals surface area contributed by atoms with E-state index in [2.05, 4.69) is 4.74 Å². The van der Waals surface area contributed by atoms with Gasteiger partial charge in [0.15, 0.2) is 0 Å². The Hall–Kier alpha value is -1.79. The first kappa shape index (κ1) is 11.9. The van der Waals surface area contributed by atoms with Crippen LogP contribution in [0.25, 0.3) is 0 Å². The molecule has 0 saturated carbocycles. The van der Waals surface area contributed by atoms with Gasteiger partial charge in [-0.05, 0) is 0 Å². The van der Waals surface area contributed by atoms with Gasteiger partial charge in [0.25, 0.3) is 0 Å². The molecule has 0 spiro atoms. The van der Waals surface area contributed by atoms with Crippen molar-refractivity contribution in [2.75, 3.05) is 7.11 Å². The monoisotopic (exact) mass is 166 g/mol. The standard InChI is InChI=1S/C2H2O4.C2H4O3/c3-1(4)2(5)6;1-5-2(3)4/h(H,3,4)(H,5,6);1H3,(H,3,4). The van der Waals surface area contributed by atoms with Crippen LogP contribution in [0.3, 0.4) is 0 Å². The molecule has 7 nitrogen and oxygen atoms in total. The Labute approximate surface area is 60.8 Å². The summed E-state index contributed by atoms with van der Waals surface area (Å²) in [6.07, 6.45) is -1.25. The van der Waals surface area contributed by atoms with Gasteiger partial charge in [-0.15, -0.1) is 0 Å². The molecule has 0 aromatic heterocycles. The molecule has 0 bridgehead atoms. The molecule has 0 unspecified atom stereocenters. The fourth-order valence-corrected chi connectivity index (χ4v) is 0. The van der Waals surface area contributed by atoms with E-state index < -0.39 is 18.1 Å². The molecule has 0 radical (unpaired) electrons. The summed E-state index contributed by atoms with van der Waals surface area (Å²) in [5, 5.41) is 22.3. The highest BCUT2D eigenvalue weighted by atomic mass is 16.6. The Morgan fingerprint density at radius 3 is 1.18 bits per heavy atom. The van der Waals surface area contributed by atoms with E-state index in [-0.39, 0.29) is 0 Å². The van der Waals surface area contributed by atoms with E-state index in [0.717, 1.165) is 7.11 Å². The number of methoxy groups -OCH3 is 1. The summed E-state index contributed by atoms with van der Waals surface area (Å²) in [4.78, 5) is 27.3. The molecule has 11 heavy (non-hydrogen) atoms. The minimum Gasteiger partial charge on any atom is -0.473 e. The van der Waals surface area contributed by atoms with Gasteiger partial charge >= 0.3 is 18.1 Å². The van der Waals surface area contributed by atoms with E-state index >= 15 is 0 Å². The van der Waals surface area contributed by atoms with Crippen LogP contribution < -0.4 is 0 Å². The Morgan fingerprint density at radius 1 is 1.00 bits per heavy atom. The van der Waals surface area contributed by atoms with Crippen molar-refractivity contribution in [2.45, 2.75) is 0 Å². The Balaban J connectivity index is 0. The zero-order valence-corrected chi connectivity index (χ0v) is 5.47. The van der Waals surface area contributed by atoms with Gasteiger partial charge in [-0.25, -0.2) is 14.4 Å². The highest BCUT2D eigenvalue weighted by Gasteiger charge is 2.04. The van der Waals surface area contributed by atoms with Crippen molar-refractivity contribution in [1.29, 1.82) is 0 Å². The topological polar surface area (TPSA) is 121 Å². The quantitative estimate of drug-likeness (QED) is 0.326. The highest BCUT2D eigenvalue weighted by Crippen LogP contribution is 1.60. The molecule has 0 amide bonds. The predicted molar refractivity (Wildman–Crippen MR) is 30.3 cm³/mol. The van der Waals surface area contributed by atoms with Crippen molar-refractivity contribution in [2.24, 2.45) is 0 Å². The fourth-order valence-electron chi connectivity index (χ4n) is 0. The first-order chi connectivity index (χ1) is 4.91. The van der Waals surface area contributed by atoms with Gasteiger partial charge in [0.05, 0.1) is 7.11 Å². The van der Waals surface area contributed by atoms with Gasteiger partial charge < -0.3 is 20.1 Å². The molecule has 3 N–H and O–H groups in total. The van der Waals surface area contributed by atoms with Gasteiger partial charge in [0, 0.05) is 0 Å². The van der Waals surface area contributed by atoms with Gasteiger partial charge in [-0.1, -0.05) is 0 Å². The van der Waals surface area contributed by atoms with Gasteiger partial charge in [0.1, 0.15) is 0 Å². The molecular weight excluding hydrogens is 160 g/mol. The third-order valence-electron chi connectivity index (χ3n) is 0.358. The van der Waals surface area contributed by atoms with Crippen LogP contribution in [-0.2, 0) is 14.3 Å². The first-order valence-electron chi connectivity index (χ1n) is 2.15. The van der Waals surface area contributed by atoms with Crippen molar-refractivity contribution >= 4 is 18.1 Å². The Bertz CT molecular complexity index is 148. The summed E-state index contributed by atoms with van der Waals surface area (Å²) >= 11 is 0. The van der Waals surface area contributed by atoms with Crippen LogP contribution in [0.15, 0.2) is 0 Å². The molecule has 0 aromatic carbocycles. The normalized spacial score (nSPS) is 7.00. The molecule has 64 valence electrons. The van der Waals surface area contributed by atoms with E-state index in [1.165, 1.54) is 0 Å². The van der Waals surface area contributed by atoms with E-state index in [4.69, 9.17) is 29.7 Å². The van der Waals surface area contributed by atoms with Crippen LogP contribution in [0.1, 0.15) is 0 Å². The number of carbonyl (C=O) groups is 3. The lowest BCUT2D eigenvalue weighted by Gasteiger charge is -1.79. The van der Waals surface area contributed by atoms with Crippen LogP contribution in [0, 0.1) is 0 Å². The average molecular weight is 166 g/mol. The summed E-state index contributed by atoms with van der Waals surface area (Å²) in [6, 6.07) is 0. The SMILES string of the molecule is COC(=O)O.O=C(O)C(=O)O. The molecule has 0 aliphatic heterocycles. The lowest BCUT2D eigenvalue weighted by molar-refractivity contribution is -0.159. The molecule has 0 heterocycles. The zero-order chi connectivity index (χ0) is 9.44. The lowest BCUT2D eigenvalue weighted by Crippen LogP contribution is -2.09. The van der Waals surface area contributed by atoms with E-state index in [0.29, 0.717) is 0 Å². The summed E-state index contributed by atoms with van der Waals surface area (Å²) < 4.78 is 3.67. The van der Waals surface area contributed by atoms with E-state index in [9.17, 15) is 0 Å². The van der Waals surface area contributed by atoms with Gasteiger partial charge in [-0.3, -0.25) is 0 Å². The maximum Gasteiger partial charge on any atom is 0.505 e. The summed E-state index contributed by atoms with van der Waals surface area (Å²) in [5.41, 5.74) is 0. The second-order valence-electron chi connectivity index (χ2n) is 1.08. The lowest BCUT2D eigenvalue weighted by atomic mass is 10.7. The predicted octanol–water partition coefficient (Wildman–Crippen LogP) is -0.534. The maximum atomic E-state index is 9.15. The molecule has 0 saturated heterocycles. The van der Waals surface area contributed by atoms with Crippen molar-refractivity contribution in [3.05, 3.63) is 0 Å². The van der Waals surface area contributed by atoms with E-state index in [1.807, 2.05) is 0 Å². The third-order valence-corrected chi connectivity index (χ3v) is 0.358. The number of hydrogen-bond acceptors (Lipinski definition) is 4. The number of aliphatic carboxylic acids is 2. The highest BCUT2D eigenvalue weighted by molar-refractivity contribution is 6.27. The third kappa shape index (κ3) is 17.9. The zero-order valence-electron chi connectivity index (χ0n) is 5.47. The molecule has 7 heteroatoms. The first-order valence-corrected chi connectivity index (χ1v) is 2.15. The molecule has 0 atom stereocenters. The summed E-state index contributed by atoms with van der Waals surface area (Å²) in [6.45, 7) is 0. The van der Waals surface area contributed by atoms with Crippen LogP contribution in [-0.4, -0.2) is 40.5 Å². The number of rotatable bonds is 0. The van der Waals surface area contributed by atoms with Crippen LogP contribution in [0.5, 0.6) is 0 Å². The number of ether oxygens (including phenoxy) is 1. The van der Waals surface area contributed by atoms with Crippen LogP contribution in [0.2, 0.25) is 0 Å². The largest absolute Gasteiger partial charge is 0.505 e. The Kier molecular flexibility index (Phi) is 6.87. The average Bonchev–Trinajstić information content (AvgIpc) is 1.89. The minimum absolute atomic E-state index is 1.10.